The number of hydrazine groups is 1. The standard InChI is InChI=1S/C22H24FN3O3/c23-17-8-6-15(7-9-17)19-18(14-24-25-19)20(27)26-12-10-22(11-13-26,21(28)29)16-4-2-1-3-5-16/h1-9,18-19,24-25H,10-14H2,(H,28,29). The van der Waals surface area contributed by atoms with Crippen LogP contribution in [-0.2, 0) is 15.0 Å². The van der Waals surface area contributed by atoms with Crippen LogP contribution in [0.1, 0.15) is 30.0 Å². The molecular weight excluding hydrogens is 373 g/mol. The molecule has 2 atom stereocenters. The molecule has 0 saturated carbocycles. The van der Waals surface area contributed by atoms with Gasteiger partial charge in [0.25, 0.3) is 0 Å². The number of hydrogen-bond donors (Lipinski definition) is 3. The number of benzene rings is 2. The van der Waals surface area contributed by atoms with Crippen LogP contribution < -0.4 is 10.9 Å². The molecule has 2 saturated heterocycles. The molecule has 0 aliphatic carbocycles. The van der Waals surface area contributed by atoms with E-state index < -0.39 is 11.4 Å². The van der Waals surface area contributed by atoms with E-state index in [-0.39, 0.29) is 23.7 Å². The minimum Gasteiger partial charge on any atom is -0.481 e. The van der Waals surface area contributed by atoms with Gasteiger partial charge in [-0.15, -0.1) is 0 Å². The fourth-order valence-electron chi connectivity index (χ4n) is 4.44. The van der Waals surface area contributed by atoms with Gasteiger partial charge >= 0.3 is 5.97 Å². The third-order valence-electron chi connectivity index (χ3n) is 6.19. The molecule has 2 fully saturated rings. The monoisotopic (exact) mass is 397 g/mol. The number of halogens is 1. The highest BCUT2D eigenvalue weighted by atomic mass is 19.1. The molecule has 0 radical (unpaired) electrons. The van der Waals surface area contributed by atoms with Gasteiger partial charge in [-0.25, -0.2) is 9.82 Å². The number of carbonyl (C=O) groups is 2. The molecule has 2 aliphatic rings. The van der Waals surface area contributed by atoms with Crippen LogP contribution in [0.25, 0.3) is 0 Å². The molecule has 2 aromatic rings. The highest BCUT2D eigenvalue weighted by molar-refractivity contribution is 5.84. The van der Waals surface area contributed by atoms with E-state index in [9.17, 15) is 19.1 Å². The minimum absolute atomic E-state index is 0.0103. The number of amides is 1. The van der Waals surface area contributed by atoms with Gasteiger partial charge in [-0.3, -0.25) is 15.0 Å². The van der Waals surface area contributed by atoms with Gasteiger partial charge in [0, 0.05) is 19.6 Å². The third kappa shape index (κ3) is 3.63. The van der Waals surface area contributed by atoms with Gasteiger partial charge < -0.3 is 10.0 Å². The Morgan fingerprint density at radius 2 is 1.69 bits per heavy atom. The van der Waals surface area contributed by atoms with E-state index in [1.54, 1.807) is 17.0 Å². The Bertz CT molecular complexity index is 880. The summed E-state index contributed by atoms with van der Waals surface area (Å²) in [5.41, 5.74) is 6.81. The van der Waals surface area contributed by atoms with E-state index in [2.05, 4.69) is 10.9 Å². The predicted octanol–water partition coefficient (Wildman–Crippen LogP) is 2.24. The lowest BCUT2D eigenvalue weighted by atomic mass is 9.72. The topological polar surface area (TPSA) is 81.7 Å². The highest BCUT2D eigenvalue weighted by Crippen LogP contribution is 2.37. The smallest absolute Gasteiger partial charge is 0.314 e. The first-order chi connectivity index (χ1) is 14.0. The molecule has 1 amide bonds. The summed E-state index contributed by atoms with van der Waals surface area (Å²) in [6.07, 6.45) is 0.764. The molecule has 0 spiro atoms. The van der Waals surface area contributed by atoms with Gasteiger partial charge in [0.2, 0.25) is 5.91 Å². The van der Waals surface area contributed by atoms with Gasteiger partial charge in [0.15, 0.2) is 0 Å². The second-order valence-corrected chi connectivity index (χ2v) is 7.74. The number of carboxylic acid groups (broad SMARTS) is 1. The first kappa shape index (κ1) is 19.5. The van der Waals surface area contributed by atoms with Crippen LogP contribution in [0.3, 0.4) is 0 Å². The summed E-state index contributed by atoms with van der Waals surface area (Å²) in [5.74, 6) is -1.49. The number of nitrogens with zero attached hydrogens (tertiary/aromatic N) is 1. The first-order valence-electron chi connectivity index (χ1n) is 9.83. The van der Waals surface area contributed by atoms with Crippen LogP contribution in [0.4, 0.5) is 4.39 Å². The van der Waals surface area contributed by atoms with Crippen LogP contribution in [0.15, 0.2) is 54.6 Å². The molecule has 0 bridgehead atoms. The number of likely N-dealkylation sites (tertiary alicyclic amines) is 1. The molecule has 2 unspecified atom stereocenters. The number of aliphatic carboxylic acids is 1. The van der Waals surface area contributed by atoms with Crippen LogP contribution >= 0.6 is 0 Å². The maximum Gasteiger partial charge on any atom is 0.314 e. The minimum atomic E-state index is -0.958. The number of piperidine rings is 1. The Balaban J connectivity index is 1.48. The van der Waals surface area contributed by atoms with E-state index >= 15 is 0 Å². The molecule has 7 heteroatoms. The molecule has 4 rings (SSSR count). The number of rotatable bonds is 4. The molecule has 2 aromatic carbocycles. The highest BCUT2D eigenvalue weighted by Gasteiger charge is 2.45. The lowest BCUT2D eigenvalue weighted by Gasteiger charge is -2.40. The summed E-state index contributed by atoms with van der Waals surface area (Å²) in [6, 6.07) is 15.2. The molecule has 152 valence electrons. The van der Waals surface area contributed by atoms with Crippen molar-refractivity contribution in [2.75, 3.05) is 19.6 Å². The van der Waals surface area contributed by atoms with E-state index in [1.807, 2.05) is 30.3 Å². The van der Waals surface area contributed by atoms with Crippen LogP contribution in [0, 0.1) is 11.7 Å². The van der Waals surface area contributed by atoms with E-state index in [4.69, 9.17) is 0 Å². The number of carbonyl (C=O) groups excluding carboxylic acids is 1. The number of nitrogens with one attached hydrogen (secondary N) is 2. The van der Waals surface area contributed by atoms with Crippen LogP contribution in [0.2, 0.25) is 0 Å². The average Bonchev–Trinajstić information content (AvgIpc) is 3.24. The molecule has 2 heterocycles. The maximum atomic E-state index is 13.2. The first-order valence-corrected chi connectivity index (χ1v) is 9.83. The van der Waals surface area contributed by atoms with Crippen molar-refractivity contribution in [3.63, 3.8) is 0 Å². The fraction of sp³-hybridized carbons (Fsp3) is 0.364. The van der Waals surface area contributed by atoms with Gasteiger partial charge in [-0.1, -0.05) is 42.5 Å². The van der Waals surface area contributed by atoms with E-state index in [1.165, 1.54) is 12.1 Å². The van der Waals surface area contributed by atoms with Crippen molar-refractivity contribution in [3.05, 3.63) is 71.5 Å². The molecule has 0 aromatic heterocycles. The Morgan fingerprint density at radius 1 is 1.03 bits per heavy atom. The Hall–Kier alpha value is -2.77. The van der Waals surface area contributed by atoms with Gasteiger partial charge in [-0.05, 0) is 36.1 Å². The van der Waals surface area contributed by atoms with Gasteiger partial charge in [-0.2, -0.15) is 0 Å². The number of carboxylic acids is 1. The van der Waals surface area contributed by atoms with E-state index in [0.29, 0.717) is 32.5 Å². The quantitative estimate of drug-likeness (QED) is 0.737. The van der Waals surface area contributed by atoms with Crippen LogP contribution in [0.5, 0.6) is 0 Å². The fourth-order valence-corrected chi connectivity index (χ4v) is 4.44. The van der Waals surface area contributed by atoms with Crippen LogP contribution in [-0.4, -0.2) is 41.5 Å². The van der Waals surface area contributed by atoms with Gasteiger partial charge in [0.05, 0.1) is 17.4 Å². The van der Waals surface area contributed by atoms with Gasteiger partial charge in [0.1, 0.15) is 5.82 Å². The summed E-state index contributed by atoms with van der Waals surface area (Å²) in [4.78, 5) is 27.1. The number of hydrogen-bond acceptors (Lipinski definition) is 4. The van der Waals surface area contributed by atoms with Crippen molar-refractivity contribution in [2.45, 2.75) is 24.3 Å². The Morgan fingerprint density at radius 3 is 2.31 bits per heavy atom. The summed E-state index contributed by atoms with van der Waals surface area (Å²) < 4.78 is 13.2. The molecule has 2 aliphatic heterocycles. The molecule has 6 nitrogen and oxygen atoms in total. The lowest BCUT2D eigenvalue weighted by Crippen LogP contribution is -2.51. The predicted molar refractivity (Wildman–Crippen MR) is 105 cm³/mol. The van der Waals surface area contributed by atoms with Crippen molar-refractivity contribution in [1.29, 1.82) is 0 Å². The normalized spacial score (nSPS) is 23.7. The summed E-state index contributed by atoms with van der Waals surface area (Å²) in [6.45, 7) is 1.26. The lowest BCUT2D eigenvalue weighted by molar-refractivity contribution is -0.149. The average molecular weight is 397 g/mol. The van der Waals surface area contributed by atoms with Crippen molar-refractivity contribution in [1.82, 2.24) is 15.8 Å². The maximum absolute atomic E-state index is 13.2. The van der Waals surface area contributed by atoms with Crippen molar-refractivity contribution >= 4 is 11.9 Å². The second-order valence-electron chi connectivity index (χ2n) is 7.74. The largest absolute Gasteiger partial charge is 0.481 e. The zero-order valence-electron chi connectivity index (χ0n) is 16.0. The zero-order valence-corrected chi connectivity index (χ0v) is 16.0. The zero-order chi connectivity index (χ0) is 20.4. The van der Waals surface area contributed by atoms with E-state index in [0.717, 1.165) is 11.1 Å². The van der Waals surface area contributed by atoms with Crippen molar-refractivity contribution < 1.29 is 19.1 Å². The Kier molecular flexibility index (Phi) is 5.34. The second kappa shape index (κ2) is 7.93. The molecular formula is C22H24FN3O3. The SMILES string of the molecule is O=C(C1CNNC1c1ccc(F)cc1)N1CCC(C(=O)O)(c2ccccc2)CC1. The molecule has 3 N–H and O–H groups in total. The summed E-state index contributed by atoms with van der Waals surface area (Å²) >= 11 is 0. The summed E-state index contributed by atoms with van der Waals surface area (Å²) in [7, 11) is 0. The van der Waals surface area contributed by atoms with Crippen molar-refractivity contribution in [2.24, 2.45) is 5.92 Å². The van der Waals surface area contributed by atoms with Crippen molar-refractivity contribution in [3.8, 4) is 0 Å². The third-order valence-corrected chi connectivity index (χ3v) is 6.19. The molecule has 29 heavy (non-hydrogen) atoms. The Labute approximate surface area is 168 Å². The summed E-state index contributed by atoms with van der Waals surface area (Å²) in [5, 5.41) is 9.94.